The van der Waals surface area contributed by atoms with E-state index in [0.717, 1.165) is 5.75 Å². The molecule has 5 nitrogen and oxygen atoms in total. The lowest BCUT2D eigenvalue weighted by molar-refractivity contribution is 0.311. The van der Waals surface area contributed by atoms with Gasteiger partial charge in [0.25, 0.3) is 0 Å². The fourth-order valence-electron chi connectivity index (χ4n) is 2.25. The molecular formula is C17H20N4O. The maximum Gasteiger partial charge on any atom is 0.143 e. The lowest BCUT2D eigenvalue weighted by atomic mass is 10.1. The summed E-state index contributed by atoms with van der Waals surface area (Å²) in [5.41, 5.74) is 1.72. The van der Waals surface area contributed by atoms with Gasteiger partial charge in [-0.15, -0.1) is 0 Å². The third-order valence-electron chi connectivity index (χ3n) is 3.51. The molecule has 2 aromatic rings. The summed E-state index contributed by atoms with van der Waals surface area (Å²) in [6, 6.07) is 13.8. The first-order valence-corrected chi connectivity index (χ1v) is 7.05. The highest BCUT2D eigenvalue weighted by molar-refractivity contribution is 5.51. The number of nitrogens with zero attached hydrogens (tertiary/aromatic N) is 3. The number of nitriles is 1. The van der Waals surface area contributed by atoms with Crippen molar-refractivity contribution >= 4 is 5.82 Å². The first kappa shape index (κ1) is 15.8. The zero-order valence-electron chi connectivity index (χ0n) is 13.1. The van der Waals surface area contributed by atoms with Crippen molar-refractivity contribution in [2.75, 3.05) is 33.1 Å². The van der Waals surface area contributed by atoms with Gasteiger partial charge in [-0.3, -0.25) is 0 Å². The molecule has 1 atom stereocenters. The molecule has 0 amide bonds. The molecule has 0 aliphatic heterocycles. The molecule has 0 saturated heterocycles. The highest BCUT2D eigenvalue weighted by atomic mass is 16.5. The van der Waals surface area contributed by atoms with E-state index in [1.54, 1.807) is 25.4 Å². The Kier molecular flexibility index (Phi) is 5.34. The van der Waals surface area contributed by atoms with Gasteiger partial charge >= 0.3 is 0 Å². The van der Waals surface area contributed by atoms with Crippen LogP contribution in [0.3, 0.4) is 0 Å². The molecule has 5 heteroatoms. The molecule has 1 heterocycles. The van der Waals surface area contributed by atoms with Crippen molar-refractivity contribution < 1.29 is 4.74 Å². The predicted molar refractivity (Wildman–Crippen MR) is 86.9 cm³/mol. The average molecular weight is 296 g/mol. The van der Waals surface area contributed by atoms with Crippen molar-refractivity contribution in [1.29, 1.82) is 5.26 Å². The van der Waals surface area contributed by atoms with Crippen LogP contribution in [0.25, 0.3) is 0 Å². The summed E-state index contributed by atoms with van der Waals surface area (Å²) >= 11 is 0. The molecule has 1 N–H and O–H groups in total. The standard InChI is InChI=1S/C17H20N4O/c1-21(2)16(13-6-8-15(22-3)9-7-13)12-20-17-14(11-18)5-4-10-19-17/h4-10,16H,12H2,1-3H3,(H,19,20). The number of rotatable bonds is 6. The maximum atomic E-state index is 9.11. The normalized spacial score (nSPS) is 11.8. The van der Waals surface area contributed by atoms with Crippen LogP contribution >= 0.6 is 0 Å². The molecule has 1 unspecified atom stereocenters. The zero-order valence-corrected chi connectivity index (χ0v) is 13.1. The minimum absolute atomic E-state index is 0.166. The number of likely N-dealkylation sites (N-methyl/N-ethyl adjacent to an activating group) is 1. The van der Waals surface area contributed by atoms with Crippen LogP contribution in [0.1, 0.15) is 17.2 Å². The van der Waals surface area contributed by atoms with Crippen molar-refractivity contribution in [3.8, 4) is 11.8 Å². The average Bonchev–Trinajstić information content (AvgIpc) is 2.55. The van der Waals surface area contributed by atoms with Crippen LogP contribution in [0.4, 0.5) is 5.82 Å². The quantitative estimate of drug-likeness (QED) is 0.888. The number of anilines is 1. The summed E-state index contributed by atoms with van der Waals surface area (Å²) in [5.74, 6) is 1.45. The highest BCUT2D eigenvalue weighted by Crippen LogP contribution is 2.22. The van der Waals surface area contributed by atoms with Gasteiger partial charge in [0.05, 0.1) is 18.7 Å². The van der Waals surface area contributed by atoms with Gasteiger partial charge in [0.15, 0.2) is 0 Å². The van der Waals surface area contributed by atoms with Crippen molar-refractivity contribution in [2.45, 2.75) is 6.04 Å². The number of hydrogen-bond donors (Lipinski definition) is 1. The van der Waals surface area contributed by atoms with Gasteiger partial charge < -0.3 is 15.0 Å². The summed E-state index contributed by atoms with van der Waals surface area (Å²) in [5, 5.41) is 12.4. The topological polar surface area (TPSA) is 61.2 Å². The monoisotopic (exact) mass is 296 g/mol. The van der Waals surface area contributed by atoms with E-state index in [2.05, 4.69) is 33.4 Å². The second-order valence-electron chi connectivity index (χ2n) is 5.14. The Labute approximate surface area is 131 Å². The van der Waals surface area contributed by atoms with Crippen LogP contribution in [0.2, 0.25) is 0 Å². The largest absolute Gasteiger partial charge is 0.497 e. The highest BCUT2D eigenvalue weighted by Gasteiger charge is 2.15. The second kappa shape index (κ2) is 7.43. The molecule has 0 radical (unpaired) electrons. The smallest absolute Gasteiger partial charge is 0.143 e. The van der Waals surface area contributed by atoms with E-state index < -0.39 is 0 Å². The van der Waals surface area contributed by atoms with Gasteiger partial charge in [0.1, 0.15) is 17.6 Å². The number of aromatic nitrogens is 1. The second-order valence-corrected chi connectivity index (χ2v) is 5.14. The number of hydrogen-bond acceptors (Lipinski definition) is 5. The lowest BCUT2D eigenvalue weighted by Gasteiger charge is -2.25. The molecule has 114 valence electrons. The van der Waals surface area contributed by atoms with Crippen LogP contribution in [-0.2, 0) is 0 Å². The Hall–Kier alpha value is -2.58. The van der Waals surface area contributed by atoms with Crippen LogP contribution in [0, 0.1) is 11.3 Å². The number of nitrogens with one attached hydrogen (secondary N) is 1. The van der Waals surface area contributed by atoms with Crippen LogP contribution in [-0.4, -0.2) is 37.6 Å². The van der Waals surface area contributed by atoms with Crippen molar-refractivity contribution in [2.24, 2.45) is 0 Å². The van der Waals surface area contributed by atoms with Gasteiger partial charge in [-0.1, -0.05) is 12.1 Å². The van der Waals surface area contributed by atoms with E-state index in [1.165, 1.54) is 5.56 Å². The molecule has 0 spiro atoms. The Morgan fingerprint density at radius 1 is 1.27 bits per heavy atom. The lowest BCUT2D eigenvalue weighted by Crippen LogP contribution is -2.27. The minimum atomic E-state index is 0.166. The van der Waals surface area contributed by atoms with Gasteiger partial charge in [-0.05, 0) is 43.9 Å². The van der Waals surface area contributed by atoms with E-state index in [9.17, 15) is 0 Å². The third kappa shape index (κ3) is 3.74. The Balaban J connectivity index is 2.13. The van der Waals surface area contributed by atoms with Gasteiger partial charge in [0.2, 0.25) is 0 Å². The molecule has 22 heavy (non-hydrogen) atoms. The number of pyridine rings is 1. The molecule has 2 rings (SSSR count). The minimum Gasteiger partial charge on any atom is -0.497 e. The van der Waals surface area contributed by atoms with E-state index in [4.69, 9.17) is 10.00 Å². The first-order valence-electron chi connectivity index (χ1n) is 7.05. The summed E-state index contributed by atoms with van der Waals surface area (Å²) < 4.78 is 5.19. The van der Waals surface area contributed by atoms with Gasteiger partial charge in [-0.25, -0.2) is 4.98 Å². The molecule has 1 aromatic heterocycles. The third-order valence-corrected chi connectivity index (χ3v) is 3.51. The summed E-state index contributed by atoms with van der Waals surface area (Å²) in [4.78, 5) is 6.36. The fraction of sp³-hybridized carbons (Fsp3) is 0.294. The van der Waals surface area contributed by atoms with E-state index in [1.807, 2.05) is 26.2 Å². The van der Waals surface area contributed by atoms with Gasteiger partial charge in [0, 0.05) is 12.7 Å². The molecule has 0 aliphatic carbocycles. The van der Waals surface area contributed by atoms with E-state index >= 15 is 0 Å². The molecule has 0 fully saturated rings. The molecule has 0 bridgehead atoms. The Morgan fingerprint density at radius 3 is 2.59 bits per heavy atom. The van der Waals surface area contributed by atoms with Crippen molar-refractivity contribution in [3.05, 3.63) is 53.7 Å². The molecule has 0 saturated carbocycles. The Bertz CT molecular complexity index is 646. The molecule has 0 aliphatic rings. The number of methoxy groups -OCH3 is 1. The number of ether oxygens (including phenoxy) is 1. The summed E-state index contributed by atoms with van der Waals surface area (Å²) in [7, 11) is 5.71. The fourth-order valence-corrected chi connectivity index (χ4v) is 2.25. The molecular weight excluding hydrogens is 276 g/mol. The molecule has 1 aromatic carbocycles. The van der Waals surface area contributed by atoms with Crippen molar-refractivity contribution in [1.82, 2.24) is 9.88 Å². The number of benzene rings is 1. The Morgan fingerprint density at radius 2 is 2.00 bits per heavy atom. The van der Waals surface area contributed by atoms with E-state index in [0.29, 0.717) is 17.9 Å². The van der Waals surface area contributed by atoms with E-state index in [-0.39, 0.29) is 6.04 Å². The van der Waals surface area contributed by atoms with Crippen LogP contribution in [0.5, 0.6) is 5.75 Å². The van der Waals surface area contributed by atoms with Crippen LogP contribution in [0.15, 0.2) is 42.6 Å². The predicted octanol–water partition coefficient (Wildman–Crippen LogP) is 2.68. The maximum absolute atomic E-state index is 9.11. The zero-order chi connectivity index (χ0) is 15.9. The summed E-state index contributed by atoms with van der Waals surface area (Å²) in [6.07, 6.45) is 1.68. The SMILES string of the molecule is COc1ccc(C(CNc2ncccc2C#N)N(C)C)cc1. The first-order chi connectivity index (χ1) is 10.7. The van der Waals surface area contributed by atoms with Crippen molar-refractivity contribution in [3.63, 3.8) is 0 Å². The summed E-state index contributed by atoms with van der Waals surface area (Å²) in [6.45, 7) is 0.658. The van der Waals surface area contributed by atoms with Gasteiger partial charge in [-0.2, -0.15) is 5.26 Å². The van der Waals surface area contributed by atoms with Crippen LogP contribution < -0.4 is 10.1 Å².